The highest BCUT2D eigenvalue weighted by atomic mass is 32.2. The molecule has 3 rings (SSSR count). The molecule has 7 heteroatoms. The van der Waals surface area contributed by atoms with Crippen molar-refractivity contribution in [2.45, 2.75) is 10.6 Å². The summed E-state index contributed by atoms with van der Waals surface area (Å²) >= 11 is 1.30. The van der Waals surface area contributed by atoms with E-state index in [-0.39, 0.29) is 16.3 Å². The lowest BCUT2D eigenvalue weighted by atomic mass is 10.3. The van der Waals surface area contributed by atoms with E-state index in [9.17, 15) is 12.8 Å². The van der Waals surface area contributed by atoms with Crippen LogP contribution in [0.1, 0.15) is 5.01 Å². The van der Waals surface area contributed by atoms with Gasteiger partial charge in [0.15, 0.2) is 9.84 Å². The Morgan fingerprint density at radius 1 is 1.19 bits per heavy atom. The highest BCUT2D eigenvalue weighted by Gasteiger charge is 2.21. The maximum Gasteiger partial charge on any atom is 0.187 e. The van der Waals surface area contributed by atoms with Gasteiger partial charge in [0.2, 0.25) is 0 Å². The lowest BCUT2D eigenvalue weighted by Gasteiger charge is -2.06. The molecule has 0 saturated heterocycles. The van der Waals surface area contributed by atoms with Crippen LogP contribution >= 0.6 is 11.3 Å². The Kier molecular flexibility index (Phi) is 3.38. The SMILES string of the molecule is Nc1ccc(F)cc1S(=O)(=O)Cc1nc2ccccc2s1. The van der Waals surface area contributed by atoms with E-state index in [2.05, 4.69) is 4.98 Å². The molecule has 0 fully saturated rings. The van der Waals surface area contributed by atoms with Gasteiger partial charge in [-0.05, 0) is 30.3 Å². The zero-order valence-electron chi connectivity index (χ0n) is 10.8. The number of thiazole rings is 1. The van der Waals surface area contributed by atoms with Crippen LogP contribution in [0.5, 0.6) is 0 Å². The summed E-state index contributed by atoms with van der Waals surface area (Å²) in [6, 6.07) is 10.7. The second kappa shape index (κ2) is 5.09. The molecule has 4 nitrogen and oxygen atoms in total. The van der Waals surface area contributed by atoms with E-state index in [0.717, 1.165) is 22.3 Å². The molecule has 2 N–H and O–H groups in total. The molecule has 1 heterocycles. The van der Waals surface area contributed by atoms with Gasteiger partial charge >= 0.3 is 0 Å². The topological polar surface area (TPSA) is 73.1 Å². The van der Waals surface area contributed by atoms with Crippen molar-refractivity contribution in [3.05, 3.63) is 53.3 Å². The first-order chi connectivity index (χ1) is 9.95. The molecule has 3 aromatic rings. The Hall–Kier alpha value is -1.99. The maximum atomic E-state index is 13.3. The van der Waals surface area contributed by atoms with E-state index < -0.39 is 15.7 Å². The van der Waals surface area contributed by atoms with Gasteiger partial charge in [0.05, 0.1) is 20.8 Å². The third-order valence-corrected chi connectivity index (χ3v) is 5.86. The summed E-state index contributed by atoms with van der Waals surface area (Å²) in [5.74, 6) is -0.924. The lowest BCUT2D eigenvalue weighted by Crippen LogP contribution is -2.08. The van der Waals surface area contributed by atoms with Crippen LogP contribution in [-0.4, -0.2) is 13.4 Å². The summed E-state index contributed by atoms with van der Waals surface area (Å²) in [7, 11) is -3.73. The van der Waals surface area contributed by atoms with E-state index in [1.807, 2.05) is 24.3 Å². The summed E-state index contributed by atoms with van der Waals surface area (Å²) in [6.45, 7) is 0. The molecule has 21 heavy (non-hydrogen) atoms. The number of fused-ring (bicyclic) bond motifs is 1. The molecule has 0 aliphatic carbocycles. The normalized spacial score (nSPS) is 11.9. The van der Waals surface area contributed by atoms with E-state index >= 15 is 0 Å². The summed E-state index contributed by atoms with van der Waals surface area (Å²) in [5, 5.41) is 0.458. The number of nitrogens with zero attached hydrogens (tertiary/aromatic N) is 1. The zero-order chi connectivity index (χ0) is 15.0. The number of anilines is 1. The Balaban J connectivity index is 2.01. The number of halogens is 1. The first kappa shape index (κ1) is 14.0. The monoisotopic (exact) mass is 322 g/mol. The number of nitrogen functional groups attached to an aromatic ring is 1. The maximum absolute atomic E-state index is 13.3. The number of hydrogen-bond acceptors (Lipinski definition) is 5. The van der Waals surface area contributed by atoms with Crippen LogP contribution < -0.4 is 5.73 Å². The van der Waals surface area contributed by atoms with Crippen LogP contribution in [0.15, 0.2) is 47.4 Å². The minimum absolute atomic E-state index is 0.0394. The van der Waals surface area contributed by atoms with Gasteiger partial charge in [-0.3, -0.25) is 0 Å². The van der Waals surface area contributed by atoms with Crippen molar-refractivity contribution in [3.8, 4) is 0 Å². The van der Waals surface area contributed by atoms with Crippen molar-refractivity contribution in [2.24, 2.45) is 0 Å². The lowest BCUT2D eigenvalue weighted by molar-refractivity contribution is 0.590. The summed E-state index contributed by atoms with van der Waals surface area (Å²) in [6.07, 6.45) is 0. The van der Waals surface area contributed by atoms with E-state index in [1.54, 1.807) is 0 Å². The molecule has 108 valence electrons. The van der Waals surface area contributed by atoms with Crippen molar-refractivity contribution in [1.82, 2.24) is 4.98 Å². The second-order valence-electron chi connectivity index (χ2n) is 4.52. The fourth-order valence-corrected chi connectivity index (χ4v) is 4.73. The van der Waals surface area contributed by atoms with Gasteiger partial charge in [0.1, 0.15) is 16.6 Å². The first-order valence-corrected chi connectivity index (χ1v) is 8.55. The van der Waals surface area contributed by atoms with Gasteiger partial charge in [-0.15, -0.1) is 11.3 Å². The summed E-state index contributed by atoms with van der Waals surface area (Å²) < 4.78 is 38.9. The smallest absolute Gasteiger partial charge is 0.187 e. The van der Waals surface area contributed by atoms with Gasteiger partial charge in [-0.25, -0.2) is 17.8 Å². The Morgan fingerprint density at radius 3 is 2.71 bits per heavy atom. The predicted molar refractivity (Wildman–Crippen MR) is 81.3 cm³/mol. The van der Waals surface area contributed by atoms with Crippen LogP contribution in [0.2, 0.25) is 0 Å². The number of aromatic nitrogens is 1. The van der Waals surface area contributed by atoms with Crippen molar-refractivity contribution in [1.29, 1.82) is 0 Å². The van der Waals surface area contributed by atoms with Crippen LogP contribution in [0.25, 0.3) is 10.2 Å². The number of rotatable bonds is 3. The van der Waals surface area contributed by atoms with Crippen LogP contribution in [0.4, 0.5) is 10.1 Å². The van der Waals surface area contributed by atoms with Gasteiger partial charge in [0.25, 0.3) is 0 Å². The Bertz CT molecular complexity index is 887. The van der Waals surface area contributed by atoms with E-state index in [0.29, 0.717) is 5.01 Å². The van der Waals surface area contributed by atoms with Gasteiger partial charge in [-0.2, -0.15) is 0 Å². The predicted octanol–water partition coefficient (Wildman–Crippen LogP) is 2.99. The fourth-order valence-electron chi connectivity index (χ4n) is 2.00. The van der Waals surface area contributed by atoms with E-state index in [1.165, 1.54) is 17.4 Å². The second-order valence-corrected chi connectivity index (χ2v) is 7.59. The Labute approximate surface area is 125 Å². The van der Waals surface area contributed by atoms with Crippen molar-refractivity contribution in [2.75, 3.05) is 5.73 Å². The third kappa shape index (κ3) is 2.74. The highest BCUT2D eigenvalue weighted by Crippen LogP contribution is 2.27. The first-order valence-electron chi connectivity index (χ1n) is 6.08. The molecule has 0 saturated carbocycles. The molecular formula is C14H11FN2O2S2. The van der Waals surface area contributed by atoms with Crippen LogP contribution in [0, 0.1) is 5.82 Å². The average Bonchev–Trinajstić information content (AvgIpc) is 2.82. The molecular weight excluding hydrogens is 311 g/mol. The van der Waals surface area contributed by atoms with Crippen molar-refractivity contribution < 1.29 is 12.8 Å². The van der Waals surface area contributed by atoms with Crippen LogP contribution in [-0.2, 0) is 15.6 Å². The molecule has 0 aliphatic heterocycles. The third-order valence-electron chi connectivity index (χ3n) is 2.96. The van der Waals surface area contributed by atoms with E-state index in [4.69, 9.17) is 5.73 Å². The molecule has 2 aromatic carbocycles. The quantitative estimate of drug-likeness (QED) is 0.752. The molecule has 0 bridgehead atoms. The average molecular weight is 322 g/mol. The van der Waals surface area contributed by atoms with Gasteiger partial charge in [0, 0.05) is 0 Å². The number of nitrogens with two attached hydrogens (primary N) is 1. The largest absolute Gasteiger partial charge is 0.398 e. The summed E-state index contributed by atoms with van der Waals surface area (Å²) in [5.41, 5.74) is 6.43. The number of hydrogen-bond donors (Lipinski definition) is 1. The minimum atomic E-state index is -3.73. The molecule has 0 radical (unpaired) electrons. The zero-order valence-corrected chi connectivity index (χ0v) is 12.4. The standard InChI is InChI=1S/C14H11FN2O2S2/c15-9-5-6-10(16)13(7-9)21(18,19)8-14-17-11-3-1-2-4-12(11)20-14/h1-7H,8,16H2. The van der Waals surface area contributed by atoms with Gasteiger partial charge < -0.3 is 5.73 Å². The fraction of sp³-hybridized carbons (Fsp3) is 0.0714. The number of benzene rings is 2. The molecule has 0 amide bonds. The van der Waals surface area contributed by atoms with Crippen molar-refractivity contribution >= 4 is 37.1 Å². The molecule has 1 aromatic heterocycles. The summed E-state index contributed by atoms with van der Waals surface area (Å²) in [4.78, 5) is 4.09. The molecule has 0 aliphatic rings. The minimum Gasteiger partial charge on any atom is -0.398 e. The Morgan fingerprint density at radius 2 is 1.95 bits per heavy atom. The van der Waals surface area contributed by atoms with Crippen molar-refractivity contribution in [3.63, 3.8) is 0 Å². The van der Waals surface area contributed by atoms with Gasteiger partial charge in [-0.1, -0.05) is 12.1 Å². The molecule has 0 atom stereocenters. The highest BCUT2D eigenvalue weighted by molar-refractivity contribution is 7.91. The van der Waals surface area contributed by atoms with Crippen LogP contribution in [0.3, 0.4) is 0 Å². The molecule has 0 unspecified atom stereocenters. The number of sulfone groups is 1. The number of para-hydroxylation sites is 1. The molecule has 0 spiro atoms.